The fourth-order valence-corrected chi connectivity index (χ4v) is 1.41. The van der Waals surface area contributed by atoms with Crippen molar-refractivity contribution < 1.29 is 16.8 Å². The van der Waals surface area contributed by atoms with Gasteiger partial charge in [-0.3, -0.25) is 6.08 Å². The van der Waals surface area contributed by atoms with Crippen LogP contribution in [-0.4, -0.2) is 0 Å². The van der Waals surface area contributed by atoms with Gasteiger partial charge in [-0.25, -0.2) is 5.57 Å². The van der Waals surface area contributed by atoms with Gasteiger partial charge in [0.1, 0.15) is 0 Å². The summed E-state index contributed by atoms with van der Waals surface area (Å²) in [5.74, 6) is 0. The summed E-state index contributed by atoms with van der Waals surface area (Å²) < 4.78 is 0. The maximum Gasteiger partial charge on any atom is 2.00 e. The first kappa shape index (κ1) is 11.0. The van der Waals surface area contributed by atoms with Gasteiger partial charge in [-0.1, -0.05) is 33.1 Å². The van der Waals surface area contributed by atoms with Crippen molar-refractivity contribution in [1.82, 2.24) is 0 Å². The van der Waals surface area contributed by atoms with E-state index >= 15 is 0 Å². The number of allylic oxidation sites excluding steroid dienone is 4. The van der Waals surface area contributed by atoms with Crippen LogP contribution in [0.1, 0.15) is 34.6 Å². The maximum atomic E-state index is 3.44. The molecular weight excluding hydrogens is 179 g/mol. The minimum atomic E-state index is 0. The molecule has 0 heterocycles. The van der Waals surface area contributed by atoms with Gasteiger partial charge in [0.25, 0.3) is 0 Å². The Bertz CT molecular complexity index is 219. The molecule has 0 aromatic carbocycles. The average molecular weight is 194 g/mol. The van der Waals surface area contributed by atoms with Crippen LogP contribution in [0.15, 0.2) is 16.7 Å². The van der Waals surface area contributed by atoms with Gasteiger partial charge in [0.2, 0.25) is 0 Å². The summed E-state index contributed by atoms with van der Waals surface area (Å²) >= 11 is 0. The van der Waals surface area contributed by atoms with Gasteiger partial charge in [0.05, 0.1) is 0 Å². The van der Waals surface area contributed by atoms with Crippen LogP contribution in [0.5, 0.6) is 0 Å². The molecule has 1 heteroatoms. The molecule has 0 bridgehead atoms. The van der Waals surface area contributed by atoms with Crippen LogP contribution in [0.25, 0.3) is 0 Å². The quantitative estimate of drug-likeness (QED) is 0.520. The summed E-state index contributed by atoms with van der Waals surface area (Å²) in [4.78, 5) is 0. The molecule has 0 atom stereocenters. The molecule has 0 unspecified atom stereocenters. The third-order valence-corrected chi connectivity index (χ3v) is 2.56. The second-order valence-corrected chi connectivity index (χ2v) is 3.62. The van der Waals surface area contributed by atoms with E-state index in [1.165, 1.54) is 16.7 Å². The zero-order valence-corrected chi connectivity index (χ0v) is 8.87. The van der Waals surface area contributed by atoms with Crippen molar-refractivity contribution in [3.8, 4) is 0 Å². The topological polar surface area (TPSA) is 0 Å². The van der Waals surface area contributed by atoms with Gasteiger partial charge in [0.15, 0.2) is 0 Å². The molecular formula is C10H15Co+. The van der Waals surface area contributed by atoms with Crippen molar-refractivity contribution in [3.63, 3.8) is 0 Å². The van der Waals surface area contributed by atoms with Crippen LogP contribution in [0, 0.1) is 11.5 Å². The van der Waals surface area contributed by atoms with Gasteiger partial charge in [0, 0.05) is 0 Å². The third kappa shape index (κ3) is 1.77. The van der Waals surface area contributed by atoms with E-state index in [1.54, 1.807) is 0 Å². The van der Waals surface area contributed by atoms with Crippen molar-refractivity contribution in [1.29, 1.82) is 0 Å². The van der Waals surface area contributed by atoms with Gasteiger partial charge in [-0.2, -0.15) is 11.1 Å². The Labute approximate surface area is 80.0 Å². The summed E-state index contributed by atoms with van der Waals surface area (Å²) in [5, 5.41) is 0. The fourth-order valence-electron chi connectivity index (χ4n) is 1.41. The first-order chi connectivity index (χ1) is 4.45. The Hall–Kier alpha value is -0.0135. The van der Waals surface area contributed by atoms with Crippen molar-refractivity contribution in [3.05, 3.63) is 22.8 Å². The fraction of sp³-hybridized carbons (Fsp3) is 0.600. The van der Waals surface area contributed by atoms with Gasteiger partial charge in [-0.05, 0) is 0 Å². The summed E-state index contributed by atoms with van der Waals surface area (Å²) in [6.07, 6.45) is 3.44. The summed E-state index contributed by atoms with van der Waals surface area (Å²) in [6, 6.07) is 0. The standard InChI is InChI=1S/C10H15.Co/c1-7-6-10(4,5)9(3)8(7)2;/h1-5H3;/q-1;+2. The maximum absolute atomic E-state index is 3.44. The van der Waals surface area contributed by atoms with Gasteiger partial charge < -0.3 is 0 Å². The SMILES string of the molecule is CC1=[C-]C(C)(C)C(C)=C1C.[Co+2]. The average Bonchev–Trinajstić information content (AvgIpc) is 1.95. The van der Waals surface area contributed by atoms with Gasteiger partial charge >= 0.3 is 16.8 Å². The summed E-state index contributed by atoms with van der Waals surface area (Å²) in [7, 11) is 0. The van der Waals surface area contributed by atoms with Crippen LogP contribution in [-0.2, 0) is 16.8 Å². The Morgan fingerprint density at radius 3 is 1.64 bits per heavy atom. The predicted molar refractivity (Wildman–Crippen MR) is 44.6 cm³/mol. The van der Waals surface area contributed by atoms with Crippen LogP contribution in [0.2, 0.25) is 0 Å². The minimum Gasteiger partial charge on any atom is -0.263 e. The minimum absolute atomic E-state index is 0. The summed E-state index contributed by atoms with van der Waals surface area (Å²) in [6.45, 7) is 10.9. The van der Waals surface area contributed by atoms with Crippen molar-refractivity contribution in [2.75, 3.05) is 0 Å². The van der Waals surface area contributed by atoms with E-state index in [9.17, 15) is 0 Å². The van der Waals surface area contributed by atoms with Crippen LogP contribution in [0.3, 0.4) is 0 Å². The van der Waals surface area contributed by atoms with Crippen molar-refractivity contribution in [2.45, 2.75) is 34.6 Å². The van der Waals surface area contributed by atoms with Gasteiger partial charge in [-0.15, -0.1) is 6.92 Å². The van der Waals surface area contributed by atoms with Crippen molar-refractivity contribution >= 4 is 0 Å². The molecule has 1 aliphatic carbocycles. The molecule has 1 rings (SSSR count). The van der Waals surface area contributed by atoms with Crippen LogP contribution >= 0.6 is 0 Å². The first-order valence-electron chi connectivity index (χ1n) is 3.75. The van der Waals surface area contributed by atoms with E-state index in [0.29, 0.717) is 0 Å². The third-order valence-electron chi connectivity index (χ3n) is 2.56. The summed E-state index contributed by atoms with van der Waals surface area (Å²) in [5.41, 5.74) is 4.39. The second-order valence-electron chi connectivity index (χ2n) is 3.62. The molecule has 0 saturated carbocycles. The monoisotopic (exact) mass is 194 g/mol. The van der Waals surface area contributed by atoms with Crippen molar-refractivity contribution in [2.24, 2.45) is 5.41 Å². The molecule has 0 nitrogen and oxygen atoms in total. The van der Waals surface area contributed by atoms with Crippen LogP contribution < -0.4 is 0 Å². The smallest absolute Gasteiger partial charge is 0.263 e. The molecule has 0 aromatic rings. The Balaban J connectivity index is 0.000001000. The largest absolute Gasteiger partial charge is 2.00 e. The first-order valence-corrected chi connectivity index (χ1v) is 3.75. The van der Waals surface area contributed by atoms with Crippen LogP contribution in [0.4, 0.5) is 0 Å². The van der Waals surface area contributed by atoms with E-state index < -0.39 is 0 Å². The number of rotatable bonds is 0. The van der Waals surface area contributed by atoms with E-state index in [1.807, 2.05) is 0 Å². The molecule has 0 aliphatic heterocycles. The molecule has 0 saturated heterocycles. The normalized spacial score (nSPS) is 21.4. The predicted octanol–water partition coefficient (Wildman–Crippen LogP) is 3.11. The van der Waals surface area contributed by atoms with E-state index in [-0.39, 0.29) is 22.2 Å². The zero-order chi connectivity index (χ0) is 7.94. The Morgan fingerprint density at radius 1 is 1.09 bits per heavy atom. The molecule has 0 N–H and O–H groups in total. The number of hydrogen-bond donors (Lipinski definition) is 0. The molecule has 1 aliphatic rings. The molecule has 0 spiro atoms. The second kappa shape index (κ2) is 3.16. The van der Waals surface area contributed by atoms with E-state index in [4.69, 9.17) is 0 Å². The zero-order valence-electron chi connectivity index (χ0n) is 7.83. The Kier molecular flexibility index (Phi) is 3.15. The molecule has 0 fully saturated rings. The molecule has 1 radical (unpaired) electrons. The van der Waals surface area contributed by atoms with E-state index in [2.05, 4.69) is 40.7 Å². The molecule has 11 heavy (non-hydrogen) atoms. The Morgan fingerprint density at radius 2 is 1.55 bits per heavy atom. The molecule has 0 aromatic heterocycles. The van der Waals surface area contributed by atoms with E-state index in [0.717, 1.165) is 0 Å². The number of hydrogen-bond acceptors (Lipinski definition) is 0. The molecule has 0 amide bonds. The molecule has 63 valence electrons.